The monoisotopic (exact) mass is 301 g/mol. The Hall–Kier alpha value is -2.50. The zero-order valence-electron chi connectivity index (χ0n) is 13.2. The summed E-state index contributed by atoms with van der Waals surface area (Å²) in [6.45, 7) is 5.17. The van der Waals surface area contributed by atoms with Crippen LogP contribution in [0.3, 0.4) is 0 Å². The number of hydrogen-bond donors (Lipinski definition) is 0. The number of aryl methyl sites for hydroxylation is 2. The van der Waals surface area contributed by atoms with Gasteiger partial charge in [-0.25, -0.2) is 4.68 Å². The molecule has 0 saturated heterocycles. The van der Waals surface area contributed by atoms with Gasteiger partial charge >= 0.3 is 0 Å². The fourth-order valence-electron chi connectivity index (χ4n) is 2.92. The van der Waals surface area contributed by atoms with Crippen LogP contribution in [0.15, 0.2) is 23.1 Å². The van der Waals surface area contributed by atoms with Gasteiger partial charge in [0.25, 0.3) is 5.56 Å². The fourth-order valence-corrected chi connectivity index (χ4v) is 2.92. The van der Waals surface area contributed by atoms with Crippen molar-refractivity contribution in [1.82, 2.24) is 14.3 Å². The van der Waals surface area contributed by atoms with E-state index in [1.165, 1.54) is 4.68 Å². The maximum atomic E-state index is 12.6. The molecule has 0 amide bonds. The number of rotatable bonds is 4. The van der Waals surface area contributed by atoms with Gasteiger partial charge in [0.2, 0.25) is 0 Å². The van der Waals surface area contributed by atoms with Crippen LogP contribution in [0.2, 0.25) is 0 Å². The lowest BCUT2D eigenvalue weighted by molar-refractivity contribution is 0.355. The van der Waals surface area contributed by atoms with Crippen LogP contribution in [0.25, 0.3) is 21.8 Å². The van der Waals surface area contributed by atoms with E-state index >= 15 is 0 Å². The van der Waals surface area contributed by atoms with E-state index < -0.39 is 0 Å². The van der Waals surface area contributed by atoms with Crippen molar-refractivity contribution in [2.45, 2.75) is 26.9 Å². The summed E-state index contributed by atoms with van der Waals surface area (Å²) in [7, 11) is 3.21. The van der Waals surface area contributed by atoms with Crippen molar-refractivity contribution in [2.24, 2.45) is 0 Å². The molecule has 116 valence electrons. The second-order valence-electron chi connectivity index (χ2n) is 5.00. The van der Waals surface area contributed by atoms with Crippen molar-refractivity contribution >= 4 is 21.8 Å². The average molecular weight is 301 g/mol. The van der Waals surface area contributed by atoms with Crippen molar-refractivity contribution < 1.29 is 9.47 Å². The second-order valence-corrected chi connectivity index (χ2v) is 5.00. The second kappa shape index (κ2) is 5.36. The fraction of sp³-hybridized carbons (Fsp3) is 0.375. The molecule has 0 N–H and O–H groups in total. The van der Waals surface area contributed by atoms with Gasteiger partial charge in [-0.1, -0.05) is 0 Å². The van der Waals surface area contributed by atoms with Crippen LogP contribution in [0.1, 0.15) is 13.8 Å². The van der Waals surface area contributed by atoms with Gasteiger partial charge in [-0.2, -0.15) is 5.10 Å². The van der Waals surface area contributed by atoms with Gasteiger partial charge in [0.1, 0.15) is 5.52 Å². The number of nitrogens with zero attached hydrogens (tertiary/aromatic N) is 3. The highest BCUT2D eigenvalue weighted by Gasteiger charge is 2.17. The molecule has 0 aliphatic carbocycles. The van der Waals surface area contributed by atoms with Crippen LogP contribution in [-0.4, -0.2) is 28.6 Å². The van der Waals surface area contributed by atoms with Crippen LogP contribution in [0.4, 0.5) is 0 Å². The van der Waals surface area contributed by atoms with E-state index in [2.05, 4.69) is 5.10 Å². The molecule has 0 fully saturated rings. The lowest BCUT2D eigenvalue weighted by Gasteiger charge is -2.09. The molecule has 6 nitrogen and oxygen atoms in total. The van der Waals surface area contributed by atoms with Crippen LogP contribution in [0, 0.1) is 0 Å². The van der Waals surface area contributed by atoms with Crippen molar-refractivity contribution in [1.29, 1.82) is 0 Å². The minimum atomic E-state index is -0.0732. The highest BCUT2D eigenvalue weighted by Crippen LogP contribution is 2.36. The van der Waals surface area contributed by atoms with Crippen molar-refractivity contribution in [3.63, 3.8) is 0 Å². The molecule has 3 rings (SSSR count). The van der Waals surface area contributed by atoms with E-state index in [0.717, 1.165) is 16.3 Å². The Bertz CT molecular complexity index is 909. The van der Waals surface area contributed by atoms with Gasteiger partial charge in [0.05, 0.1) is 25.9 Å². The number of methoxy groups -OCH3 is 2. The molecular formula is C16H19N3O3. The summed E-state index contributed by atoms with van der Waals surface area (Å²) in [6.07, 6.45) is 1.75. The van der Waals surface area contributed by atoms with Gasteiger partial charge in [-0.15, -0.1) is 0 Å². The largest absolute Gasteiger partial charge is 0.493 e. The first-order chi connectivity index (χ1) is 10.7. The summed E-state index contributed by atoms with van der Waals surface area (Å²) in [4.78, 5) is 12.6. The molecule has 6 heteroatoms. The summed E-state index contributed by atoms with van der Waals surface area (Å²) in [5.74, 6) is 1.29. The Kier molecular flexibility index (Phi) is 3.52. The Labute approximate surface area is 127 Å². The SMILES string of the molecule is CCn1ncc2c3cc(OC)c(OC)cc3n(CC)c2c1=O. The third kappa shape index (κ3) is 1.87. The summed E-state index contributed by atoms with van der Waals surface area (Å²) in [5.41, 5.74) is 1.54. The topological polar surface area (TPSA) is 58.3 Å². The van der Waals surface area contributed by atoms with E-state index in [0.29, 0.717) is 30.1 Å². The van der Waals surface area contributed by atoms with Crippen LogP contribution in [-0.2, 0) is 13.1 Å². The summed E-state index contributed by atoms with van der Waals surface area (Å²) >= 11 is 0. The summed E-state index contributed by atoms with van der Waals surface area (Å²) in [6, 6.07) is 3.81. The third-order valence-electron chi connectivity index (χ3n) is 3.99. The molecule has 0 unspecified atom stereocenters. The lowest BCUT2D eigenvalue weighted by Crippen LogP contribution is -2.23. The highest BCUT2D eigenvalue weighted by atomic mass is 16.5. The molecule has 0 bridgehead atoms. The van der Waals surface area contributed by atoms with E-state index in [9.17, 15) is 4.79 Å². The van der Waals surface area contributed by atoms with Crippen molar-refractivity contribution in [2.75, 3.05) is 14.2 Å². The van der Waals surface area contributed by atoms with Gasteiger partial charge in [-0.05, 0) is 19.9 Å². The molecule has 0 saturated carbocycles. The molecule has 2 heterocycles. The normalized spacial score (nSPS) is 11.3. The molecular weight excluding hydrogens is 282 g/mol. The third-order valence-corrected chi connectivity index (χ3v) is 3.99. The molecule has 1 aromatic carbocycles. The van der Waals surface area contributed by atoms with Crippen LogP contribution >= 0.6 is 0 Å². The van der Waals surface area contributed by atoms with Gasteiger partial charge < -0.3 is 14.0 Å². The van der Waals surface area contributed by atoms with E-state index in [1.807, 2.05) is 30.5 Å². The molecule has 2 aromatic heterocycles. The Morgan fingerprint density at radius 2 is 1.73 bits per heavy atom. The highest BCUT2D eigenvalue weighted by molar-refractivity contribution is 6.08. The molecule has 0 atom stereocenters. The predicted molar refractivity (Wildman–Crippen MR) is 86.0 cm³/mol. The number of ether oxygens (including phenoxy) is 2. The number of hydrogen-bond acceptors (Lipinski definition) is 4. The molecule has 0 aliphatic heterocycles. The summed E-state index contributed by atoms with van der Waals surface area (Å²) in [5, 5.41) is 6.03. The van der Waals surface area contributed by atoms with E-state index in [-0.39, 0.29) is 5.56 Å². The standard InChI is InChI=1S/C16H19N3O3/c1-5-18-12-8-14(22-4)13(21-3)7-10(12)11-9-17-19(6-2)16(20)15(11)18/h7-9H,5-6H2,1-4H3. The lowest BCUT2D eigenvalue weighted by atomic mass is 10.2. The number of benzene rings is 1. The molecule has 22 heavy (non-hydrogen) atoms. The van der Waals surface area contributed by atoms with E-state index in [1.54, 1.807) is 20.4 Å². The first kappa shape index (κ1) is 14.4. The first-order valence-electron chi connectivity index (χ1n) is 7.30. The van der Waals surface area contributed by atoms with Crippen LogP contribution < -0.4 is 15.0 Å². The number of aromatic nitrogens is 3. The molecule has 0 spiro atoms. The van der Waals surface area contributed by atoms with Crippen molar-refractivity contribution in [3.8, 4) is 11.5 Å². The Balaban J connectivity index is 2.53. The minimum absolute atomic E-state index is 0.0732. The first-order valence-corrected chi connectivity index (χ1v) is 7.30. The van der Waals surface area contributed by atoms with Gasteiger partial charge in [0.15, 0.2) is 11.5 Å². The Morgan fingerprint density at radius 1 is 1.05 bits per heavy atom. The van der Waals surface area contributed by atoms with Crippen LogP contribution in [0.5, 0.6) is 11.5 Å². The maximum absolute atomic E-state index is 12.6. The summed E-state index contributed by atoms with van der Waals surface area (Å²) < 4.78 is 14.2. The molecule has 0 aliphatic rings. The molecule has 0 radical (unpaired) electrons. The zero-order chi connectivity index (χ0) is 15.9. The number of fused-ring (bicyclic) bond motifs is 3. The quantitative estimate of drug-likeness (QED) is 0.742. The maximum Gasteiger partial charge on any atom is 0.291 e. The average Bonchev–Trinajstić information content (AvgIpc) is 2.87. The minimum Gasteiger partial charge on any atom is -0.493 e. The van der Waals surface area contributed by atoms with Crippen molar-refractivity contribution in [3.05, 3.63) is 28.7 Å². The molecule has 3 aromatic rings. The van der Waals surface area contributed by atoms with Gasteiger partial charge in [-0.3, -0.25) is 4.79 Å². The zero-order valence-corrected chi connectivity index (χ0v) is 13.2. The van der Waals surface area contributed by atoms with Gasteiger partial charge in [0, 0.05) is 29.9 Å². The van der Waals surface area contributed by atoms with E-state index in [4.69, 9.17) is 9.47 Å². The predicted octanol–water partition coefficient (Wildman–Crippen LogP) is 2.41. The smallest absolute Gasteiger partial charge is 0.291 e. The Morgan fingerprint density at radius 3 is 2.32 bits per heavy atom.